The summed E-state index contributed by atoms with van der Waals surface area (Å²) < 4.78 is 70.8. The van der Waals surface area contributed by atoms with Crippen LogP contribution in [0.5, 0.6) is 0 Å². The molecule has 0 unspecified atom stereocenters. The molecule has 268 valence electrons. The normalized spacial score (nSPS) is 18.1. The van der Waals surface area contributed by atoms with Crippen LogP contribution in [0.25, 0.3) is 21.5 Å². The van der Waals surface area contributed by atoms with E-state index in [1.54, 1.807) is 12.1 Å². The lowest BCUT2D eigenvalue weighted by Gasteiger charge is -2.26. The van der Waals surface area contributed by atoms with Crippen molar-refractivity contribution in [3.8, 4) is 0 Å². The quantitative estimate of drug-likeness (QED) is 0.0973. The number of aliphatic hydroxyl groups excluding tert-OH is 1. The Hall–Kier alpha value is -4.13. The van der Waals surface area contributed by atoms with Gasteiger partial charge < -0.3 is 14.6 Å². The molecular formula is C40H44N2O7S2. The average Bonchev–Trinajstić information content (AvgIpc) is 3.44. The molecule has 0 saturated heterocycles. The van der Waals surface area contributed by atoms with Crippen molar-refractivity contribution in [2.24, 2.45) is 0 Å². The largest absolute Gasteiger partial charge is 0.744 e. The zero-order chi connectivity index (χ0) is 37.1. The van der Waals surface area contributed by atoms with Crippen LogP contribution in [0, 0.1) is 0 Å². The van der Waals surface area contributed by atoms with Crippen molar-refractivity contribution >= 4 is 58.9 Å². The predicted molar refractivity (Wildman–Crippen MR) is 202 cm³/mol. The van der Waals surface area contributed by atoms with E-state index in [0.29, 0.717) is 24.8 Å². The summed E-state index contributed by atoms with van der Waals surface area (Å²) >= 11 is 0. The summed E-state index contributed by atoms with van der Waals surface area (Å²) in [7, 11) is -8.92. The van der Waals surface area contributed by atoms with Crippen molar-refractivity contribution in [1.82, 2.24) is 0 Å². The van der Waals surface area contributed by atoms with Gasteiger partial charge in [0.15, 0.2) is 5.71 Å². The van der Waals surface area contributed by atoms with E-state index in [9.17, 15) is 31.0 Å². The minimum Gasteiger partial charge on any atom is -0.744 e. The molecule has 0 spiro atoms. The molecule has 4 aromatic carbocycles. The minimum atomic E-state index is -4.58. The van der Waals surface area contributed by atoms with E-state index in [4.69, 9.17) is 0 Å². The SMILES string of the molecule is CCN1C(=CC=C(C=CC2=[N+](CC)c3ccc4cc(S(=O)(=O)O)ccc4c3C2(C)C)CCCO)C(C)(C)c2c1ccc1cc(S(=O)(=O)[O-])ccc21. The molecule has 0 aliphatic carbocycles. The summed E-state index contributed by atoms with van der Waals surface area (Å²) in [5, 5.41) is 13.0. The van der Waals surface area contributed by atoms with Gasteiger partial charge in [-0.3, -0.25) is 4.55 Å². The molecule has 11 heteroatoms. The van der Waals surface area contributed by atoms with E-state index in [2.05, 4.69) is 75.3 Å². The molecule has 2 N–H and O–H groups in total. The number of benzene rings is 4. The second-order valence-electron chi connectivity index (χ2n) is 14.2. The molecule has 9 nitrogen and oxygen atoms in total. The first-order valence-electron chi connectivity index (χ1n) is 17.2. The molecule has 2 aliphatic rings. The summed E-state index contributed by atoms with van der Waals surface area (Å²) in [6.45, 7) is 14.3. The third-order valence-electron chi connectivity index (χ3n) is 10.4. The fourth-order valence-electron chi connectivity index (χ4n) is 8.02. The molecule has 0 atom stereocenters. The van der Waals surface area contributed by atoms with Crippen molar-refractivity contribution in [3.63, 3.8) is 0 Å². The van der Waals surface area contributed by atoms with Crippen molar-refractivity contribution in [2.45, 2.75) is 75.0 Å². The number of allylic oxidation sites excluding steroid dienone is 6. The van der Waals surface area contributed by atoms with Gasteiger partial charge in [0.1, 0.15) is 16.7 Å². The van der Waals surface area contributed by atoms with Crippen LogP contribution in [-0.4, -0.2) is 61.0 Å². The molecule has 2 heterocycles. The monoisotopic (exact) mass is 728 g/mol. The Morgan fingerprint density at radius 1 is 0.863 bits per heavy atom. The fourth-order valence-corrected chi connectivity index (χ4v) is 9.04. The molecule has 0 saturated carbocycles. The third-order valence-corrected chi connectivity index (χ3v) is 12.1. The zero-order valence-electron chi connectivity index (χ0n) is 29.8. The van der Waals surface area contributed by atoms with Gasteiger partial charge in [0.05, 0.1) is 15.2 Å². The number of rotatable bonds is 10. The second kappa shape index (κ2) is 13.1. The van der Waals surface area contributed by atoms with E-state index >= 15 is 0 Å². The number of anilines is 1. The number of nitrogens with zero attached hydrogens (tertiary/aromatic N) is 2. The highest BCUT2D eigenvalue weighted by Gasteiger charge is 2.45. The Labute approximate surface area is 300 Å². The molecule has 0 fully saturated rings. The standard InChI is InChI=1S/C40H44N2O7S2/c1-7-41-33-19-13-27-24-29(50(44,45)46)15-17-31(27)37(33)39(3,4)35(41)21-11-26(10-9-23-43)12-22-36-40(5,6)38-32-18-16-30(51(47,48)49)25-28(32)14-20-34(38)42(36)8-2/h11-22,24-25,43H,7-10,23H2,1-6H3,(H-,44,45,46,47,48,49). The van der Waals surface area contributed by atoms with Crippen LogP contribution in [0.4, 0.5) is 11.4 Å². The topological polar surface area (TPSA) is 138 Å². The summed E-state index contributed by atoms with van der Waals surface area (Å²) in [6, 6.07) is 17.0. The Kier molecular flexibility index (Phi) is 9.44. The van der Waals surface area contributed by atoms with Gasteiger partial charge in [0.2, 0.25) is 5.69 Å². The van der Waals surface area contributed by atoms with Gasteiger partial charge in [-0.25, -0.2) is 8.42 Å². The maximum atomic E-state index is 11.8. The van der Waals surface area contributed by atoms with Crippen molar-refractivity contribution in [1.29, 1.82) is 0 Å². The molecule has 6 rings (SSSR count). The molecule has 51 heavy (non-hydrogen) atoms. The Bertz CT molecular complexity index is 2440. The molecule has 2 aliphatic heterocycles. The number of aliphatic hydroxyl groups is 1. The van der Waals surface area contributed by atoms with Gasteiger partial charge in [0, 0.05) is 47.7 Å². The van der Waals surface area contributed by atoms with Crippen LogP contribution in [0.2, 0.25) is 0 Å². The van der Waals surface area contributed by atoms with Crippen LogP contribution < -0.4 is 4.90 Å². The van der Waals surface area contributed by atoms with Crippen LogP contribution in [0.15, 0.2) is 106 Å². The van der Waals surface area contributed by atoms with Crippen LogP contribution in [-0.2, 0) is 31.1 Å². The Morgan fingerprint density at radius 3 is 2.10 bits per heavy atom. The van der Waals surface area contributed by atoms with Crippen molar-refractivity contribution < 1.29 is 35.6 Å². The Morgan fingerprint density at radius 2 is 1.49 bits per heavy atom. The smallest absolute Gasteiger partial charge is 0.294 e. The van der Waals surface area contributed by atoms with E-state index in [0.717, 1.165) is 62.2 Å². The van der Waals surface area contributed by atoms with Crippen LogP contribution in [0.3, 0.4) is 0 Å². The number of fused-ring (bicyclic) bond motifs is 6. The van der Waals surface area contributed by atoms with E-state index in [1.807, 2.05) is 24.3 Å². The molecule has 0 bridgehead atoms. The highest BCUT2D eigenvalue weighted by molar-refractivity contribution is 7.86. The number of hydrogen-bond donors (Lipinski definition) is 2. The first kappa shape index (κ1) is 36.7. The van der Waals surface area contributed by atoms with Gasteiger partial charge in [-0.15, -0.1) is 0 Å². The van der Waals surface area contributed by atoms with Gasteiger partial charge in [0.25, 0.3) is 10.1 Å². The predicted octanol–water partition coefficient (Wildman–Crippen LogP) is 7.50. The number of hydrogen-bond acceptors (Lipinski definition) is 7. The maximum absolute atomic E-state index is 11.8. The van der Waals surface area contributed by atoms with Gasteiger partial charge in [-0.05, 0) is 116 Å². The van der Waals surface area contributed by atoms with E-state index < -0.39 is 31.1 Å². The van der Waals surface area contributed by atoms with Crippen LogP contribution in [0.1, 0.15) is 65.5 Å². The molecular weight excluding hydrogens is 685 g/mol. The molecule has 0 amide bonds. The molecule has 0 aromatic heterocycles. The van der Waals surface area contributed by atoms with E-state index in [1.165, 1.54) is 24.3 Å². The second-order valence-corrected chi connectivity index (χ2v) is 17.0. The molecule has 4 aromatic rings. The first-order valence-corrected chi connectivity index (χ1v) is 20.0. The first-order chi connectivity index (χ1) is 23.9. The van der Waals surface area contributed by atoms with Gasteiger partial charge >= 0.3 is 0 Å². The summed E-state index contributed by atoms with van der Waals surface area (Å²) in [5.74, 6) is 0. The zero-order valence-corrected chi connectivity index (χ0v) is 31.4. The third kappa shape index (κ3) is 6.35. The van der Waals surface area contributed by atoms with Crippen molar-refractivity contribution in [2.75, 3.05) is 24.6 Å². The lowest BCUT2D eigenvalue weighted by Crippen LogP contribution is -2.27. The Balaban J connectivity index is 1.41. The number of likely N-dealkylation sites (N-methyl/N-ethyl adjacent to an activating group) is 1. The van der Waals surface area contributed by atoms with E-state index in [-0.39, 0.29) is 16.4 Å². The maximum Gasteiger partial charge on any atom is 0.294 e. The van der Waals surface area contributed by atoms with Gasteiger partial charge in [-0.1, -0.05) is 44.2 Å². The lowest BCUT2D eigenvalue weighted by atomic mass is 9.79. The molecule has 0 radical (unpaired) electrons. The fraction of sp³-hybridized carbons (Fsp3) is 0.325. The summed E-state index contributed by atoms with van der Waals surface area (Å²) in [6.07, 6.45) is 9.75. The highest BCUT2D eigenvalue weighted by Crippen LogP contribution is 2.51. The average molecular weight is 729 g/mol. The van der Waals surface area contributed by atoms with Crippen molar-refractivity contribution in [3.05, 3.63) is 107 Å². The van der Waals surface area contributed by atoms with Crippen LogP contribution >= 0.6 is 0 Å². The summed E-state index contributed by atoms with van der Waals surface area (Å²) in [4.78, 5) is 1.88. The van der Waals surface area contributed by atoms with Gasteiger partial charge in [-0.2, -0.15) is 13.0 Å². The highest BCUT2D eigenvalue weighted by atomic mass is 32.2. The summed E-state index contributed by atoms with van der Waals surface area (Å²) in [5.41, 5.74) is 6.57. The minimum absolute atomic E-state index is 0.0545. The lowest BCUT2D eigenvalue weighted by molar-refractivity contribution is -0.433.